The first-order valence-corrected chi connectivity index (χ1v) is 33.8. The van der Waals surface area contributed by atoms with Crippen molar-refractivity contribution in [1.29, 1.82) is 0 Å². The highest BCUT2D eigenvalue weighted by molar-refractivity contribution is 5.72. The second-order valence-corrected chi connectivity index (χ2v) is 23.8. The van der Waals surface area contributed by atoms with Crippen molar-refractivity contribution in [2.24, 2.45) is 0 Å². The number of aliphatic carboxylic acids is 1. The molecule has 0 saturated carbocycles. The minimum atomic E-state index is -1.54. The number of esters is 2. The SMILES string of the molecule is CC/C=C\C/C=C\C/C=C\C/C=C\C/C=C\CC(=O)OC(COC(=O)CCCCCCCCCCCCCCCCCCCCCCCCCCCCCCC/C=C\C/C=C\CCCCCCC)COC(OCC[N+](C)(C)C)C(=O)O. The molecule has 2 unspecified atom stereocenters. The van der Waals surface area contributed by atoms with Gasteiger partial charge in [-0.3, -0.25) is 9.59 Å². The van der Waals surface area contributed by atoms with Crippen LogP contribution in [0.25, 0.3) is 0 Å². The number of quaternary nitrogens is 1. The molecule has 0 aliphatic carbocycles. The summed E-state index contributed by atoms with van der Waals surface area (Å²) >= 11 is 0. The quantitative estimate of drug-likeness (QED) is 0.0211. The lowest BCUT2D eigenvalue weighted by Crippen LogP contribution is -2.40. The number of hydrogen-bond donors (Lipinski definition) is 1. The molecular formula is C72H128NO8+. The molecule has 0 fully saturated rings. The molecule has 1 N–H and O–H groups in total. The smallest absolute Gasteiger partial charge is 0.361 e. The maximum Gasteiger partial charge on any atom is 0.361 e. The first-order valence-electron chi connectivity index (χ1n) is 33.8. The molecule has 0 radical (unpaired) electrons. The Morgan fingerprint density at radius 2 is 0.741 bits per heavy atom. The minimum Gasteiger partial charge on any atom is -0.477 e. The number of rotatable bonds is 62. The van der Waals surface area contributed by atoms with Crippen molar-refractivity contribution >= 4 is 17.9 Å². The number of allylic oxidation sites excluding steroid dienone is 13. The largest absolute Gasteiger partial charge is 0.477 e. The van der Waals surface area contributed by atoms with Gasteiger partial charge in [0.05, 0.1) is 40.8 Å². The lowest BCUT2D eigenvalue weighted by atomic mass is 10.0. The summed E-state index contributed by atoms with van der Waals surface area (Å²) in [6.45, 7) is 4.65. The van der Waals surface area contributed by atoms with Crippen LogP contribution in [0.1, 0.15) is 296 Å². The maximum atomic E-state index is 12.8. The summed E-state index contributed by atoms with van der Waals surface area (Å²) in [5, 5.41) is 9.69. The fourth-order valence-electron chi connectivity index (χ4n) is 9.53. The molecule has 0 amide bonds. The molecule has 0 aliphatic rings. The monoisotopic (exact) mass is 1130 g/mol. The standard InChI is InChI=1S/C72H127NO8/c1-6-8-10-12-14-16-18-20-22-23-24-25-26-27-28-29-30-31-32-33-34-35-36-37-38-39-40-41-42-43-44-45-46-47-49-50-52-54-56-58-60-62-69(74)79-66-68(67-80-72(71(76)77)78-65-64-73(3,4)5)81-70(75)63-61-59-57-55-53-51-48-21-19-17-15-13-11-9-7-2/h9,11,15,17-18,20-21,23-24,48,53,55,59,61,68,72H,6-8,10,12-14,16,19,22,25-47,49-52,54,56-58,60,62-67H2,1-5H3/p+1/b11-9-,17-15-,20-18-,24-23-,48-21-,55-53-,61-59-. The van der Waals surface area contributed by atoms with E-state index in [4.69, 9.17) is 18.9 Å². The van der Waals surface area contributed by atoms with E-state index in [1.54, 1.807) is 6.08 Å². The Bertz CT molecular complexity index is 1600. The number of carboxylic acid groups (broad SMARTS) is 1. The summed E-state index contributed by atoms with van der Waals surface area (Å²) in [7, 11) is 5.94. The van der Waals surface area contributed by atoms with E-state index >= 15 is 0 Å². The molecule has 81 heavy (non-hydrogen) atoms. The Hall–Kier alpha value is -3.53. The molecule has 9 heteroatoms. The molecule has 0 heterocycles. The normalized spacial score (nSPS) is 13.2. The summed E-state index contributed by atoms with van der Waals surface area (Å²) in [6, 6.07) is 0. The average molecular weight is 1140 g/mol. The predicted molar refractivity (Wildman–Crippen MR) is 346 cm³/mol. The number of unbranched alkanes of at least 4 members (excludes halogenated alkanes) is 34. The van der Waals surface area contributed by atoms with Gasteiger partial charge in [0.2, 0.25) is 0 Å². The first kappa shape index (κ1) is 77.5. The highest BCUT2D eigenvalue weighted by atomic mass is 16.7. The third-order valence-electron chi connectivity index (χ3n) is 14.7. The second kappa shape index (κ2) is 62.5. The van der Waals surface area contributed by atoms with Gasteiger partial charge in [0.1, 0.15) is 13.2 Å². The fraction of sp³-hybridized carbons (Fsp3) is 0.764. The van der Waals surface area contributed by atoms with Gasteiger partial charge in [-0.25, -0.2) is 4.79 Å². The minimum absolute atomic E-state index is 0.0267. The number of nitrogens with zero attached hydrogens (tertiary/aromatic N) is 1. The Labute approximate surface area is 500 Å². The summed E-state index contributed by atoms with van der Waals surface area (Å²) in [5.41, 5.74) is 0. The fourth-order valence-corrected chi connectivity index (χ4v) is 9.53. The Morgan fingerprint density at radius 1 is 0.395 bits per heavy atom. The van der Waals surface area contributed by atoms with E-state index < -0.39 is 24.3 Å². The van der Waals surface area contributed by atoms with Crippen LogP contribution in [-0.2, 0) is 33.3 Å². The highest BCUT2D eigenvalue weighted by Gasteiger charge is 2.25. The summed E-state index contributed by atoms with van der Waals surface area (Å²) in [4.78, 5) is 37.3. The third-order valence-corrected chi connectivity index (χ3v) is 14.7. The van der Waals surface area contributed by atoms with Crippen molar-refractivity contribution in [3.05, 3.63) is 85.1 Å². The topological polar surface area (TPSA) is 108 Å². The van der Waals surface area contributed by atoms with E-state index in [2.05, 4.69) is 80.7 Å². The summed E-state index contributed by atoms with van der Waals surface area (Å²) in [6.07, 6.45) is 82.0. The van der Waals surface area contributed by atoms with Crippen LogP contribution in [0.15, 0.2) is 85.1 Å². The number of carboxylic acids is 1. The van der Waals surface area contributed by atoms with Gasteiger partial charge in [-0.05, 0) is 70.6 Å². The van der Waals surface area contributed by atoms with E-state index in [-0.39, 0.29) is 38.6 Å². The zero-order chi connectivity index (χ0) is 59.1. The molecule has 0 aliphatic heterocycles. The van der Waals surface area contributed by atoms with Crippen LogP contribution in [0.5, 0.6) is 0 Å². The van der Waals surface area contributed by atoms with E-state index in [0.717, 1.165) is 51.4 Å². The molecule has 0 spiro atoms. The summed E-state index contributed by atoms with van der Waals surface area (Å²) in [5.74, 6) is -2.17. The highest BCUT2D eigenvalue weighted by Crippen LogP contribution is 2.18. The average Bonchev–Trinajstić information content (AvgIpc) is 3.44. The zero-order valence-electron chi connectivity index (χ0n) is 53.4. The van der Waals surface area contributed by atoms with Crippen molar-refractivity contribution in [1.82, 2.24) is 0 Å². The van der Waals surface area contributed by atoms with Crippen molar-refractivity contribution in [2.45, 2.75) is 309 Å². The Balaban J connectivity index is 3.94. The Kier molecular flexibility index (Phi) is 59.8. The van der Waals surface area contributed by atoms with Crippen molar-refractivity contribution in [3.8, 4) is 0 Å². The van der Waals surface area contributed by atoms with Crippen LogP contribution in [-0.4, -0.2) is 87.4 Å². The van der Waals surface area contributed by atoms with Crippen molar-refractivity contribution in [2.75, 3.05) is 47.5 Å². The van der Waals surface area contributed by atoms with E-state index in [1.165, 1.54) is 212 Å². The molecule has 0 aromatic heterocycles. The van der Waals surface area contributed by atoms with E-state index in [9.17, 15) is 19.5 Å². The van der Waals surface area contributed by atoms with Crippen LogP contribution in [0, 0.1) is 0 Å². The molecular weight excluding hydrogens is 1010 g/mol. The molecule has 0 rings (SSSR count). The van der Waals surface area contributed by atoms with Gasteiger partial charge < -0.3 is 28.5 Å². The molecule has 0 bridgehead atoms. The van der Waals surface area contributed by atoms with Gasteiger partial charge in [0.25, 0.3) is 6.29 Å². The van der Waals surface area contributed by atoms with Gasteiger partial charge in [0, 0.05) is 6.42 Å². The van der Waals surface area contributed by atoms with Crippen LogP contribution < -0.4 is 0 Å². The number of carbonyl (C=O) groups is 3. The van der Waals surface area contributed by atoms with E-state index in [0.29, 0.717) is 17.4 Å². The van der Waals surface area contributed by atoms with Crippen molar-refractivity contribution < 1.29 is 42.9 Å². The zero-order valence-corrected chi connectivity index (χ0v) is 53.4. The second-order valence-electron chi connectivity index (χ2n) is 23.8. The number of hydrogen-bond acceptors (Lipinski definition) is 7. The first-order chi connectivity index (χ1) is 39.6. The van der Waals surface area contributed by atoms with Gasteiger partial charge in [0.15, 0.2) is 6.10 Å². The Morgan fingerprint density at radius 3 is 1.11 bits per heavy atom. The molecule has 0 aromatic carbocycles. The van der Waals surface area contributed by atoms with Gasteiger partial charge in [-0.1, -0.05) is 298 Å². The predicted octanol–water partition coefficient (Wildman–Crippen LogP) is 20.7. The molecule has 468 valence electrons. The van der Waals surface area contributed by atoms with Crippen LogP contribution in [0.4, 0.5) is 0 Å². The number of ether oxygens (including phenoxy) is 4. The van der Waals surface area contributed by atoms with Gasteiger partial charge in [-0.2, -0.15) is 0 Å². The molecule has 0 aromatic rings. The van der Waals surface area contributed by atoms with Crippen LogP contribution in [0.3, 0.4) is 0 Å². The lowest BCUT2D eigenvalue weighted by molar-refractivity contribution is -0.870. The van der Waals surface area contributed by atoms with Crippen LogP contribution in [0.2, 0.25) is 0 Å². The van der Waals surface area contributed by atoms with Gasteiger partial charge >= 0.3 is 17.9 Å². The van der Waals surface area contributed by atoms with Crippen molar-refractivity contribution in [3.63, 3.8) is 0 Å². The molecule has 0 saturated heterocycles. The lowest BCUT2D eigenvalue weighted by Gasteiger charge is -2.25. The van der Waals surface area contributed by atoms with Gasteiger partial charge in [-0.15, -0.1) is 0 Å². The van der Waals surface area contributed by atoms with Crippen LogP contribution >= 0.6 is 0 Å². The molecule has 2 atom stereocenters. The number of carbonyl (C=O) groups excluding carboxylic acids is 2. The molecule has 9 nitrogen and oxygen atoms in total. The third kappa shape index (κ3) is 63.9. The van der Waals surface area contributed by atoms with E-state index in [1.807, 2.05) is 33.3 Å². The summed E-state index contributed by atoms with van der Waals surface area (Å²) < 4.78 is 22.7. The number of likely N-dealkylation sites (N-methyl/N-ethyl adjacent to an activating group) is 1. The maximum absolute atomic E-state index is 12.8.